The summed E-state index contributed by atoms with van der Waals surface area (Å²) in [5, 5.41) is 15.0. The maximum absolute atomic E-state index is 5.00. The Bertz CT molecular complexity index is 289. The Morgan fingerprint density at radius 3 is 2.88 bits per heavy atom. The summed E-state index contributed by atoms with van der Waals surface area (Å²) in [4.78, 5) is 3.67. The highest BCUT2D eigenvalue weighted by molar-refractivity contribution is 4.74. The first-order valence-electron chi connectivity index (χ1n) is 5.33. The van der Waals surface area contributed by atoms with Gasteiger partial charge < -0.3 is 15.0 Å². The summed E-state index contributed by atoms with van der Waals surface area (Å²) >= 11 is 0. The maximum Gasteiger partial charge on any atom is 0.188 e. The van der Waals surface area contributed by atoms with Crippen molar-refractivity contribution >= 4 is 0 Å². The van der Waals surface area contributed by atoms with Gasteiger partial charge in [-0.25, -0.2) is 0 Å². The fourth-order valence-electron chi connectivity index (χ4n) is 1.22. The fourth-order valence-corrected chi connectivity index (χ4v) is 1.22. The van der Waals surface area contributed by atoms with E-state index in [4.69, 9.17) is 4.74 Å². The number of aromatic nitrogens is 4. The molecule has 1 N–H and O–H groups in total. The monoisotopic (exact) mass is 228 g/mol. The molecular formula is C9H20N6O. The second-order valence-corrected chi connectivity index (χ2v) is 3.67. The highest BCUT2D eigenvalue weighted by Crippen LogP contribution is 1.85. The standard InChI is InChI=1S/C9H20N6O/c1-14(6-7-16-3)5-4-10-8-9-11-13-15(2)12-9/h10H,4-8H2,1-3H3. The van der Waals surface area contributed by atoms with Gasteiger partial charge in [0.1, 0.15) is 0 Å². The van der Waals surface area contributed by atoms with E-state index in [1.165, 1.54) is 4.80 Å². The molecular weight excluding hydrogens is 208 g/mol. The first-order valence-corrected chi connectivity index (χ1v) is 5.33. The van der Waals surface area contributed by atoms with Gasteiger partial charge in [0.25, 0.3) is 0 Å². The van der Waals surface area contributed by atoms with Crippen molar-refractivity contribution in [2.75, 3.05) is 40.4 Å². The number of ether oxygens (including phenoxy) is 1. The number of hydrogen-bond acceptors (Lipinski definition) is 6. The third-order valence-electron chi connectivity index (χ3n) is 2.18. The Hall–Kier alpha value is -1.05. The minimum absolute atomic E-state index is 0.659. The van der Waals surface area contributed by atoms with Gasteiger partial charge in [0.05, 0.1) is 20.2 Å². The fraction of sp³-hybridized carbons (Fsp3) is 0.889. The number of aryl methyl sites for hydroxylation is 1. The van der Waals surface area contributed by atoms with Crippen molar-refractivity contribution in [1.29, 1.82) is 0 Å². The largest absolute Gasteiger partial charge is 0.383 e. The van der Waals surface area contributed by atoms with Gasteiger partial charge in [-0.05, 0) is 12.3 Å². The van der Waals surface area contributed by atoms with E-state index in [0.717, 1.165) is 32.1 Å². The highest BCUT2D eigenvalue weighted by atomic mass is 16.5. The SMILES string of the molecule is COCCN(C)CCNCc1nnn(C)n1. The predicted molar refractivity (Wildman–Crippen MR) is 59.9 cm³/mol. The van der Waals surface area contributed by atoms with Crippen LogP contribution >= 0.6 is 0 Å². The molecule has 0 aliphatic rings. The van der Waals surface area contributed by atoms with Crippen LogP contribution in [0.1, 0.15) is 5.82 Å². The van der Waals surface area contributed by atoms with Crippen molar-refractivity contribution in [2.24, 2.45) is 7.05 Å². The van der Waals surface area contributed by atoms with E-state index in [9.17, 15) is 0 Å². The molecule has 0 aliphatic heterocycles. The van der Waals surface area contributed by atoms with E-state index in [2.05, 4.69) is 32.7 Å². The average Bonchev–Trinajstić information content (AvgIpc) is 2.67. The second kappa shape index (κ2) is 7.26. The lowest BCUT2D eigenvalue weighted by Crippen LogP contribution is -2.31. The Labute approximate surface area is 95.8 Å². The summed E-state index contributed by atoms with van der Waals surface area (Å²) in [6, 6.07) is 0. The number of likely N-dealkylation sites (N-methyl/N-ethyl adjacent to an activating group) is 1. The van der Waals surface area contributed by atoms with Crippen LogP contribution in [0.2, 0.25) is 0 Å². The van der Waals surface area contributed by atoms with Gasteiger partial charge in [0, 0.05) is 26.7 Å². The Morgan fingerprint density at radius 2 is 2.25 bits per heavy atom. The molecule has 16 heavy (non-hydrogen) atoms. The maximum atomic E-state index is 5.00. The van der Waals surface area contributed by atoms with Crippen LogP contribution in [0.3, 0.4) is 0 Å². The number of nitrogens with one attached hydrogen (secondary N) is 1. The molecule has 1 aromatic heterocycles. The molecule has 7 heteroatoms. The van der Waals surface area contributed by atoms with E-state index in [1.54, 1.807) is 14.2 Å². The molecule has 1 rings (SSSR count). The van der Waals surface area contributed by atoms with Crippen LogP contribution in [0.4, 0.5) is 0 Å². The van der Waals surface area contributed by atoms with Crippen molar-refractivity contribution < 1.29 is 4.74 Å². The molecule has 92 valence electrons. The van der Waals surface area contributed by atoms with E-state index >= 15 is 0 Å². The van der Waals surface area contributed by atoms with E-state index in [0.29, 0.717) is 6.54 Å². The Kier molecular flexibility index (Phi) is 5.91. The van der Waals surface area contributed by atoms with E-state index in [-0.39, 0.29) is 0 Å². The van der Waals surface area contributed by atoms with Gasteiger partial charge in [0.2, 0.25) is 0 Å². The summed E-state index contributed by atoms with van der Waals surface area (Å²) < 4.78 is 5.00. The van der Waals surface area contributed by atoms with Gasteiger partial charge in [-0.3, -0.25) is 0 Å². The van der Waals surface area contributed by atoms with Gasteiger partial charge >= 0.3 is 0 Å². The van der Waals surface area contributed by atoms with Crippen LogP contribution < -0.4 is 5.32 Å². The summed E-state index contributed by atoms with van der Waals surface area (Å²) in [7, 11) is 5.54. The summed E-state index contributed by atoms with van der Waals surface area (Å²) in [5.41, 5.74) is 0. The first-order chi connectivity index (χ1) is 7.72. The normalized spacial score (nSPS) is 11.2. The molecule has 0 saturated heterocycles. The predicted octanol–water partition coefficient (Wildman–Crippen LogP) is -1.12. The van der Waals surface area contributed by atoms with Crippen molar-refractivity contribution in [2.45, 2.75) is 6.54 Å². The Morgan fingerprint density at radius 1 is 1.44 bits per heavy atom. The third-order valence-corrected chi connectivity index (χ3v) is 2.18. The van der Waals surface area contributed by atoms with Crippen molar-refractivity contribution in [3.8, 4) is 0 Å². The van der Waals surface area contributed by atoms with E-state index < -0.39 is 0 Å². The molecule has 0 fully saturated rings. The molecule has 0 aliphatic carbocycles. The smallest absolute Gasteiger partial charge is 0.188 e. The molecule has 1 aromatic rings. The zero-order valence-electron chi connectivity index (χ0n) is 10.2. The lowest BCUT2D eigenvalue weighted by molar-refractivity contribution is 0.161. The minimum atomic E-state index is 0.659. The molecule has 0 bridgehead atoms. The van der Waals surface area contributed by atoms with E-state index in [1.807, 2.05) is 0 Å². The molecule has 0 saturated carbocycles. The van der Waals surface area contributed by atoms with Crippen molar-refractivity contribution in [1.82, 2.24) is 30.4 Å². The molecule has 1 heterocycles. The number of tetrazole rings is 1. The number of methoxy groups -OCH3 is 1. The topological polar surface area (TPSA) is 68.1 Å². The quantitative estimate of drug-likeness (QED) is 0.568. The molecule has 0 radical (unpaired) electrons. The van der Waals surface area contributed by atoms with Crippen LogP contribution in [-0.4, -0.2) is 65.5 Å². The molecule has 0 aromatic carbocycles. The second-order valence-electron chi connectivity index (χ2n) is 3.67. The zero-order chi connectivity index (χ0) is 11.8. The van der Waals surface area contributed by atoms with Crippen LogP contribution in [0, 0.1) is 0 Å². The van der Waals surface area contributed by atoms with Gasteiger partial charge in [-0.2, -0.15) is 4.80 Å². The molecule has 0 atom stereocenters. The van der Waals surface area contributed by atoms with Crippen LogP contribution in [0.5, 0.6) is 0 Å². The first kappa shape index (κ1) is 13.0. The molecule has 0 spiro atoms. The summed E-state index contributed by atoms with van der Waals surface area (Å²) in [5.74, 6) is 0.724. The average molecular weight is 228 g/mol. The molecule has 0 amide bonds. The van der Waals surface area contributed by atoms with Gasteiger partial charge in [0.15, 0.2) is 5.82 Å². The molecule has 7 nitrogen and oxygen atoms in total. The summed E-state index contributed by atoms with van der Waals surface area (Å²) in [6.45, 7) is 4.25. The van der Waals surface area contributed by atoms with Crippen LogP contribution in [-0.2, 0) is 18.3 Å². The van der Waals surface area contributed by atoms with Gasteiger partial charge in [-0.1, -0.05) is 0 Å². The van der Waals surface area contributed by atoms with Crippen molar-refractivity contribution in [3.63, 3.8) is 0 Å². The minimum Gasteiger partial charge on any atom is -0.383 e. The third kappa shape index (κ3) is 5.15. The highest BCUT2D eigenvalue weighted by Gasteiger charge is 2.00. The zero-order valence-corrected chi connectivity index (χ0v) is 10.2. The van der Waals surface area contributed by atoms with Crippen molar-refractivity contribution in [3.05, 3.63) is 5.82 Å². The van der Waals surface area contributed by atoms with Crippen LogP contribution in [0.25, 0.3) is 0 Å². The summed E-state index contributed by atoms with van der Waals surface area (Å²) in [6.07, 6.45) is 0. The number of rotatable bonds is 8. The van der Waals surface area contributed by atoms with Gasteiger partial charge in [-0.15, -0.1) is 10.2 Å². The number of nitrogens with zero attached hydrogens (tertiary/aromatic N) is 5. The van der Waals surface area contributed by atoms with Crippen LogP contribution in [0.15, 0.2) is 0 Å². The Balaban J connectivity index is 2.03. The molecule has 0 unspecified atom stereocenters. The lowest BCUT2D eigenvalue weighted by atomic mass is 10.5. The number of hydrogen-bond donors (Lipinski definition) is 1. The lowest BCUT2D eigenvalue weighted by Gasteiger charge is -2.15.